The molecule has 0 aromatic heterocycles. The Hall–Kier alpha value is -3.24. The largest absolute Gasteiger partial charge is 0.320 e. The van der Waals surface area contributed by atoms with E-state index in [0.717, 1.165) is 5.56 Å². The highest BCUT2D eigenvalue weighted by Gasteiger charge is 2.40. The lowest BCUT2D eigenvalue weighted by Gasteiger charge is -2.18. The Labute approximate surface area is 205 Å². The zero-order valence-corrected chi connectivity index (χ0v) is 19.5. The van der Waals surface area contributed by atoms with E-state index in [4.69, 9.17) is 23.2 Å². The zero-order valence-electron chi connectivity index (χ0n) is 17.2. The van der Waals surface area contributed by atoms with Gasteiger partial charge in [-0.1, -0.05) is 83.5 Å². The number of carbonyl (C=O) groups excluding carboxylic acids is 2. The molecule has 1 N–H and O–H groups in total. The van der Waals surface area contributed by atoms with Gasteiger partial charge in [0.2, 0.25) is 5.91 Å². The summed E-state index contributed by atoms with van der Waals surface area (Å²) in [6, 6.07) is 25.2. The number of thioether (sulfide) groups is 1. The van der Waals surface area contributed by atoms with Gasteiger partial charge in [-0.2, -0.15) is 5.26 Å². The molecule has 1 fully saturated rings. The van der Waals surface area contributed by atoms with Gasteiger partial charge in [-0.15, -0.1) is 0 Å². The Morgan fingerprint density at radius 1 is 1.03 bits per heavy atom. The van der Waals surface area contributed by atoms with Gasteiger partial charge in [-0.3, -0.25) is 14.5 Å². The van der Waals surface area contributed by atoms with Crippen LogP contribution in [0.25, 0.3) is 0 Å². The van der Waals surface area contributed by atoms with E-state index in [1.54, 1.807) is 36.4 Å². The molecule has 1 heterocycles. The lowest BCUT2D eigenvalue weighted by Crippen LogP contribution is -2.30. The predicted octanol–water partition coefficient (Wildman–Crippen LogP) is 6.06. The zero-order chi connectivity index (χ0) is 23.4. The van der Waals surface area contributed by atoms with Gasteiger partial charge in [0, 0.05) is 10.7 Å². The van der Waals surface area contributed by atoms with Crippen molar-refractivity contribution in [2.75, 3.05) is 10.2 Å². The van der Waals surface area contributed by atoms with E-state index < -0.39 is 11.2 Å². The summed E-state index contributed by atoms with van der Waals surface area (Å²) in [6.07, 6.45) is 0.470. The highest BCUT2D eigenvalue weighted by atomic mass is 35.5. The number of rotatable bonds is 5. The molecular weight excluding hydrogens is 477 g/mol. The first-order valence-corrected chi connectivity index (χ1v) is 11.6. The molecule has 5 nitrogen and oxygen atoms in total. The molecule has 33 heavy (non-hydrogen) atoms. The topological polar surface area (TPSA) is 73.2 Å². The van der Waals surface area contributed by atoms with Gasteiger partial charge in [0.15, 0.2) is 0 Å². The number of amides is 2. The molecule has 0 saturated carbocycles. The molecule has 1 atom stereocenters. The first-order chi connectivity index (χ1) is 16.0. The van der Waals surface area contributed by atoms with Crippen LogP contribution in [-0.4, -0.2) is 17.1 Å². The van der Waals surface area contributed by atoms with Gasteiger partial charge < -0.3 is 5.32 Å². The number of nitriles is 1. The van der Waals surface area contributed by atoms with Crippen LogP contribution in [0.3, 0.4) is 0 Å². The van der Waals surface area contributed by atoms with Crippen LogP contribution in [0.4, 0.5) is 11.4 Å². The van der Waals surface area contributed by atoms with E-state index in [1.165, 1.54) is 22.7 Å². The number of carbonyl (C=O) groups is 2. The smallest absolute Gasteiger partial charge is 0.269 e. The van der Waals surface area contributed by atoms with Crippen molar-refractivity contribution in [3.05, 3.63) is 105 Å². The van der Waals surface area contributed by atoms with E-state index in [1.807, 2.05) is 42.5 Å². The molecule has 0 bridgehead atoms. The van der Waals surface area contributed by atoms with Crippen molar-refractivity contribution in [1.29, 1.82) is 5.26 Å². The number of halogens is 2. The fourth-order valence-electron chi connectivity index (χ4n) is 3.41. The minimum atomic E-state index is -0.668. The molecule has 1 aliphatic rings. The molecule has 1 aliphatic heterocycles. The summed E-state index contributed by atoms with van der Waals surface area (Å²) in [4.78, 5) is 28.0. The molecule has 0 spiro atoms. The standard InChI is InChI=1S/C25H17Cl2N3O2S/c26-17-11-12-20(27)21(14-17)29-23(31)19(15-28)25-30(18-9-5-2-6-10-18)24(32)22(33-25)13-16-7-3-1-4-8-16/h1-12,14,22H,13H2,(H,29,31)/b25-19-. The van der Waals surface area contributed by atoms with E-state index in [2.05, 4.69) is 5.32 Å². The van der Waals surface area contributed by atoms with E-state index in [-0.39, 0.29) is 27.2 Å². The summed E-state index contributed by atoms with van der Waals surface area (Å²) in [5.74, 6) is -0.857. The van der Waals surface area contributed by atoms with Crippen LogP contribution in [0.5, 0.6) is 0 Å². The Kier molecular flexibility index (Phi) is 7.05. The van der Waals surface area contributed by atoms with Crippen molar-refractivity contribution in [3.8, 4) is 6.07 Å². The normalized spacial score (nSPS) is 16.9. The lowest BCUT2D eigenvalue weighted by molar-refractivity contribution is -0.117. The van der Waals surface area contributed by atoms with Gasteiger partial charge in [-0.05, 0) is 42.3 Å². The summed E-state index contributed by atoms with van der Waals surface area (Å²) >= 11 is 13.4. The number of anilines is 2. The van der Waals surface area contributed by atoms with Crippen LogP contribution in [-0.2, 0) is 16.0 Å². The number of benzene rings is 3. The van der Waals surface area contributed by atoms with Crippen molar-refractivity contribution in [2.45, 2.75) is 11.7 Å². The fraction of sp³-hybridized carbons (Fsp3) is 0.0800. The molecule has 2 amide bonds. The van der Waals surface area contributed by atoms with E-state index in [0.29, 0.717) is 17.1 Å². The summed E-state index contributed by atoms with van der Waals surface area (Å²) < 4.78 is 0. The van der Waals surface area contributed by atoms with Crippen LogP contribution in [0.2, 0.25) is 10.0 Å². The summed E-state index contributed by atoms with van der Waals surface area (Å²) in [5.41, 5.74) is 1.68. The summed E-state index contributed by atoms with van der Waals surface area (Å²) in [5, 5.41) is 13.0. The van der Waals surface area contributed by atoms with E-state index in [9.17, 15) is 14.9 Å². The van der Waals surface area contributed by atoms with Gasteiger partial charge in [0.1, 0.15) is 16.7 Å². The highest BCUT2D eigenvalue weighted by Crippen LogP contribution is 2.42. The molecule has 0 radical (unpaired) electrons. The van der Waals surface area contributed by atoms with Crippen molar-refractivity contribution >= 4 is 58.2 Å². The minimum absolute atomic E-state index is 0.177. The second kappa shape index (κ2) is 10.1. The maximum absolute atomic E-state index is 13.4. The summed E-state index contributed by atoms with van der Waals surface area (Å²) in [6.45, 7) is 0. The van der Waals surface area contributed by atoms with Crippen molar-refractivity contribution in [1.82, 2.24) is 0 Å². The third kappa shape index (κ3) is 5.07. The fourth-order valence-corrected chi connectivity index (χ4v) is 5.05. The van der Waals surface area contributed by atoms with Crippen molar-refractivity contribution in [2.24, 2.45) is 0 Å². The average Bonchev–Trinajstić information content (AvgIpc) is 3.13. The second-order valence-electron chi connectivity index (χ2n) is 7.18. The van der Waals surface area contributed by atoms with Gasteiger partial charge in [-0.25, -0.2) is 0 Å². The quantitative estimate of drug-likeness (QED) is 0.346. The van der Waals surface area contributed by atoms with Crippen LogP contribution in [0, 0.1) is 11.3 Å². The first kappa shape index (κ1) is 22.9. The molecule has 164 valence electrons. The van der Waals surface area contributed by atoms with Gasteiger partial charge in [0.25, 0.3) is 5.91 Å². The van der Waals surface area contributed by atoms with Crippen molar-refractivity contribution in [3.63, 3.8) is 0 Å². The molecule has 8 heteroatoms. The maximum atomic E-state index is 13.4. The predicted molar refractivity (Wildman–Crippen MR) is 133 cm³/mol. The Morgan fingerprint density at radius 3 is 2.36 bits per heavy atom. The van der Waals surface area contributed by atoms with Crippen LogP contribution < -0.4 is 10.2 Å². The van der Waals surface area contributed by atoms with Gasteiger partial charge in [0.05, 0.1) is 16.0 Å². The SMILES string of the molecule is N#C/C(C(=O)Nc1cc(Cl)ccc1Cl)=C1/SC(Cc2ccccc2)C(=O)N1c1ccccc1. The second-order valence-corrected chi connectivity index (χ2v) is 9.21. The third-order valence-corrected chi connectivity index (χ3v) is 6.79. The molecule has 1 unspecified atom stereocenters. The third-order valence-electron chi connectivity index (χ3n) is 4.96. The van der Waals surface area contributed by atoms with Crippen LogP contribution in [0.15, 0.2) is 89.5 Å². The highest BCUT2D eigenvalue weighted by molar-refractivity contribution is 8.05. The average molecular weight is 494 g/mol. The Balaban J connectivity index is 1.73. The molecule has 3 aromatic carbocycles. The molecular formula is C25H17Cl2N3O2S. The number of nitrogens with zero attached hydrogens (tertiary/aromatic N) is 2. The Bertz CT molecular complexity index is 1270. The minimum Gasteiger partial charge on any atom is -0.320 e. The monoisotopic (exact) mass is 493 g/mol. The molecule has 4 rings (SSSR count). The summed E-state index contributed by atoms with van der Waals surface area (Å²) in [7, 11) is 0. The molecule has 3 aromatic rings. The van der Waals surface area contributed by atoms with Crippen molar-refractivity contribution < 1.29 is 9.59 Å². The number of hydrogen-bond acceptors (Lipinski definition) is 4. The van der Waals surface area contributed by atoms with Crippen LogP contribution >= 0.6 is 35.0 Å². The number of nitrogens with one attached hydrogen (secondary N) is 1. The van der Waals surface area contributed by atoms with E-state index >= 15 is 0 Å². The maximum Gasteiger partial charge on any atom is 0.269 e. The molecule has 0 aliphatic carbocycles. The lowest BCUT2D eigenvalue weighted by atomic mass is 10.1. The number of hydrogen-bond donors (Lipinski definition) is 1. The van der Waals surface area contributed by atoms with Crippen LogP contribution in [0.1, 0.15) is 5.56 Å². The number of para-hydroxylation sites is 1. The van der Waals surface area contributed by atoms with Gasteiger partial charge >= 0.3 is 0 Å². The Morgan fingerprint density at radius 2 is 1.70 bits per heavy atom. The molecule has 1 saturated heterocycles. The first-order valence-electron chi connectivity index (χ1n) is 9.98.